The van der Waals surface area contributed by atoms with Gasteiger partial charge in [0.1, 0.15) is 0 Å². The van der Waals surface area contributed by atoms with Crippen LogP contribution in [-0.2, 0) is 6.42 Å². The summed E-state index contributed by atoms with van der Waals surface area (Å²) in [6, 6.07) is 20.3. The minimum Gasteiger partial charge on any atom is -0.512 e. The molecule has 1 atom stereocenters. The topological polar surface area (TPSA) is 20.2 Å². The molecule has 0 unspecified atom stereocenters. The lowest BCUT2D eigenvalue weighted by Crippen LogP contribution is -2.16. The van der Waals surface area contributed by atoms with Crippen LogP contribution in [0.3, 0.4) is 0 Å². The van der Waals surface area contributed by atoms with E-state index < -0.39 is 0 Å². The Hall–Kier alpha value is -2.28. The lowest BCUT2D eigenvalue weighted by atomic mass is 9.74. The van der Waals surface area contributed by atoms with E-state index in [1.54, 1.807) is 5.57 Å². The Balaban J connectivity index is 1.32. The zero-order valence-electron chi connectivity index (χ0n) is 17.0. The van der Waals surface area contributed by atoms with Crippen LogP contribution < -0.4 is 0 Å². The Kier molecular flexibility index (Phi) is 6.00. The summed E-state index contributed by atoms with van der Waals surface area (Å²) in [4.78, 5) is 0. The maximum absolute atomic E-state index is 9.57. The van der Waals surface area contributed by atoms with Crippen LogP contribution in [0.5, 0.6) is 0 Å². The van der Waals surface area contributed by atoms with Gasteiger partial charge in [-0.2, -0.15) is 0 Å². The van der Waals surface area contributed by atoms with E-state index in [1.807, 2.05) is 6.08 Å². The van der Waals surface area contributed by atoms with Crippen LogP contribution >= 0.6 is 0 Å². The van der Waals surface area contributed by atoms with Gasteiger partial charge in [-0.1, -0.05) is 73.2 Å². The molecule has 2 aliphatic rings. The highest BCUT2D eigenvalue weighted by molar-refractivity contribution is 5.29. The van der Waals surface area contributed by atoms with Gasteiger partial charge in [0.05, 0.1) is 5.76 Å². The lowest BCUT2D eigenvalue weighted by molar-refractivity contribution is 0.343. The molecule has 1 N–H and O–H groups in total. The Labute approximate surface area is 169 Å². The molecule has 0 heterocycles. The molecule has 1 saturated carbocycles. The Morgan fingerprint density at radius 2 is 1.50 bits per heavy atom. The van der Waals surface area contributed by atoms with Crippen molar-refractivity contribution in [1.29, 1.82) is 0 Å². The third kappa shape index (κ3) is 4.58. The van der Waals surface area contributed by atoms with Gasteiger partial charge in [0, 0.05) is 6.42 Å². The minimum atomic E-state index is 0.541. The van der Waals surface area contributed by atoms with Gasteiger partial charge < -0.3 is 5.11 Å². The molecule has 0 aliphatic heterocycles. The molecule has 0 aromatic heterocycles. The quantitative estimate of drug-likeness (QED) is 0.577. The van der Waals surface area contributed by atoms with Crippen LogP contribution in [0.2, 0.25) is 0 Å². The highest BCUT2D eigenvalue weighted by atomic mass is 16.3. The maximum atomic E-state index is 9.57. The molecule has 0 saturated heterocycles. The van der Waals surface area contributed by atoms with Gasteiger partial charge in [-0.05, 0) is 79.0 Å². The SMILES string of the molecule is C[C@H](Cc1ccc(C2CCC(C3=CC=C(O)CC3)CC2)cc1)c1ccccc1. The van der Waals surface area contributed by atoms with E-state index >= 15 is 0 Å². The number of allylic oxidation sites excluding steroid dienone is 4. The summed E-state index contributed by atoms with van der Waals surface area (Å²) in [7, 11) is 0. The van der Waals surface area contributed by atoms with Gasteiger partial charge in [-0.3, -0.25) is 0 Å². The molecule has 2 aliphatic carbocycles. The van der Waals surface area contributed by atoms with Crippen molar-refractivity contribution in [1.82, 2.24) is 0 Å². The first-order valence-electron chi connectivity index (χ1n) is 10.9. The van der Waals surface area contributed by atoms with Crippen LogP contribution in [0.15, 0.2) is 78.1 Å². The van der Waals surface area contributed by atoms with E-state index in [1.165, 1.54) is 42.4 Å². The first-order chi connectivity index (χ1) is 13.7. The largest absolute Gasteiger partial charge is 0.512 e. The third-order valence-electron chi connectivity index (χ3n) is 6.77. The molecule has 2 aromatic carbocycles. The number of rotatable bonds is 5. The monoisotopic (exact) mass is 372 g/mol. The first kappa shape index (κ1) is 19.1. The molecule has 28 heavy (non-hydrogen) atoms. The fourth-order valence-electron chi connectivity index (χ4n) is 4.96. The van der Waals surface area contributed by atoms with Crippen LogP contribution in [0, 0.1) is 5.92 Å². The van der Waals surface area contributed by atoms with Gasteiger partial charge in [0.2, 0.25) is 0 Å². The second-order valence-corrected chi connectivity index (χ2v) is 8.71. The van der Waals surface area contributed by atoms with E-state index in [4.69, 9.17) is 0 Å². The number of hydrogen-bond acceptors (Lipinski definition) is 1. The van der Waals surface area contributed by atoms with Crippen molar-refractivity contribution in [3.05, 3.63) is 94.8 Å². The molecule has 4 rings (SSSR count). The molecule has 0 radical (unpaired) electrons. The van der Waals surface area contributed by atoms with Crippen molar-refractivity contribution in [3.8, 4) is 0 Å². The highest BCUT2D eigenvalue weighted by Crippen LogP contribution is 2.40. The van der Waals surface area contributed by atoms with Crippen LogP contribution in [0.4, 0.5) is 0 Å². The van der Waals surface area contributed by atoms with E-state index in [2.05, 4.69) is 67.6 Å². The van der Waals surface area contributed by atoms with Crippen molar-refractivity contribution >= 4 is 0 Å². The van der Waals surface area contributed by atoms with Gasteiger partial charge in [0.25, 0.3) is 0 Å². The third-order valence-corrected chi connectivity index (χ3v) is 6.77. The van der Waals surface area contributed by atoms with Crippen molar-refractivity contribution in [2.45, 2.75) is 63.7 Å². The molecule has 1 nitrogen and oxygen atoms in total. The van der Waals surface area contributed by atoms with E-state index in [9.17, 15) is 5.11 Å². The smallest absolute Gasteiger partial charge is 0.0925 e. The molecular weight excluding hydrogens is 340 g/mol. The summed E-state index contributed by atoms with van der Waals surface area (Å²) >= 11 is 0. The summed E-state index contributed by atoms with van der Waals surface area (Å²) in [5, 5.41) is 9.57. The molecule has 1 fully saturated rings. The first-order valence-corrected chi connectivity index (χ1v) is 10.9. The molecule has 0 bridgehead atoms. The highest BCUT2D eigenvalue weighted by Gasteiger charge is 2.25. The summed E-state index contributed by atoms with van der Waals surface area (Å²) in [6.07, 6.45) is 12.2. The lowest BCUT2D eigenvalue weighted by Gasteiger charge is -2.31. The van der Waals surface area contributed by atoms with Crippen LogP contribution in [0.25, 0.3) is 0 Å². The number of aliphatic hydroxyl groups is 1. The Bertz CT molecular complexity index is 820. The van der Waals surface area contributed by atoms with Gasteiger partial charge in [-0.25, -0.2) is 0 Å². The summed E-state index contributed by atoms with van der Waals surface area (Å²) in [6.45, 7) is 2.32. The van der Waals surface area contributed by atoms with Crippen LogP contribution in [-0.4, -0.2) is 5.11 Å². The minimum absolute atomic E-state index is 0.541. The fourth-order valence-corrected chi connectivity index (χ4v) is 4.96. The zero-order valence-corrected chi connectivity index (χ0v) is 17.0. The molecule has 0 amide bonds. The molecular formula is C27H32O. The zero-order chi connectivity index (χ0) is 19.3. The van der Waals surface area contributed by atoms with Crippen molar-refractivity contribution in [2.75, 3.05) is 0 Å². The predicted molar refractivity (Wildman–Crippen MR) is 118 cm³/mol. The van der Waals surface area contributed by atoms with Gasteiger partial charge >= 0.3 is 0 Å². The maximum Gasteiger partial charge on any atom is 0.0925 e. The van der Waals surface area contributed by atoms with Crippen LogP contribution in [0.1, 0.15) is 74.0 Å². The molecule has 1 heteroatoms. The van der Waals surface area contributed by atoms with E-state index in [0.717, 1.165) is 25.2 Å². The standard InChI is InChI=1S/C27H32O/c1-20(22-5-3-2-4-6-22)19-21-7-9-23(10-8-21)24-11-13-25(14-12-24)26-15-17-27(28)18-16-26/h2-10,15,17,20,24-25,28H,11-14,16,18-19H2,1H3/t20-,24?,25?/m1/s1. The normalized spacial score (nSPS) is 23.6. The average Bonchev–Trinajstić information content (AvgIpc) is 2.76. The van der Waals surface area contributed by atoms with E-state index in [-0.39, 0.29) is 0 Å². The average molecular weight is 373 g/mol. The Morgan fingerprint density at radius 3 is 2.14 bits per heavy atom. The van der Waals surface area contributed by atoms with Crippen molar-refractivity contribution in [3.63, 3.8) is 0 Å². The van der Waals surface area contributed by atoms with Gasteiger partial charge in [-0.15, -0.1) is 0 Å². The predicted octanol–water partition coefficient (Wildman–Crippen LogP) is 7.47. The summed E-state index contributed by atoms with van der Waals surface area (Å²) in [5.41, 5.74) is 5.93. The number of aliphatic hydroxyl groups excluding tert-OH is 1. The second kappa shape index (κ2) is 8.82. The Morgan fingerprint density at radius 1 is 0.821 bits per heavy atom. The van der Waals surface area contributed by atoms with Crippen molar-refractivity contribution < 1.29 is 5.11 Å². The summed E-state index contributed by atoms with van der Waals surface area (Å²) in [5.74, 6) is 2.54. The fraction of sp³-hybridized carbons (Fsp3) is 0.407. The van der Waals surface area contributed by atoms with Crippen molar-refractivity contribution in [2.24, 2.45) is 5.92 Å². The summed E-state index contributed by atoms with van der Waals surface area (Å²) < 4.78 is 0. The van der Waals surface area contributed by atoms with E-state index in [0.29, 0.717) is 17.6 Å². The molecule has 146 valence electrons. The molecule has 0 spiro atoms. The molecule has 2 aromatic rings. The second-order valence-electron chi connectivity index (χ2n) is 8.71. The number of hydrogen-bond donors (Lipinski definition) is 1. The van der Waals surface area contributed by atoms with Gasteiger partial charge in [0.15, 0.2) is 0 Å². The number of benzene rings is 2.